The fourth-order valence-electron chi connectivity index (χ4n) is 1.64. The molecule has 0 aliphatic heterocycles. The molecule has 2 amide bonds. The van der Waals surface area contributed by atoms with E-state index in [9.17, 15) is 9.90 Å². The topological polar surface area (TPSA) is 79.2 Å². The van der Waals surface area contributed by atoms with Crippen LogP contribution < -0.4 is 10.6 Å². The van der Waals surface area contributed by atoms with Gasteiger partial charge in [-0.3, -0.25) is 10.00 Å². The molecule has 0 saturated carbocycles. The molecule has 0 aliphatic carbocycles. The Labute approximate surface area is 111 Å². The number of aromatic hydroxyl groups is 1. The third-order valence-corrected chi connectivity index (χ3v) is 2.76. The lowest BCUT2D eigenvalue weighted by Crippen LogP contribution is -2.19. The highest BCUT2D eigenvalue weighted by Gasteiger charge is 2.08. The minimum absolute atomic E-state index is 0.0346. The van der Waals surface area contributed by atoms with E-state index >= 15 is 0 Å². The van der Waals surface area contributed by atoms with Gasteiger partial charge in [-0.25, -0.2) is 4.79 Å². The van der Waals surface area contributed by atoms with E-state index in [-0.39, 0.29) is 5.75 Å². The molecular weight excluding hydrogens is 244 g/mol. The quantitative estimate of drug-likeness (QED) is 0.725. The smallest absolute Gasteiger partial charge is 0.325 e. The van der Waals surface area contributed by atoms with Crippen LogP contribution in [0.3, 0.4) is 0 Å². The second-order valence-corrected chi connectivity index (χ2v) is 4.39. The Morgan fingerprint density at radius 3 is 2.58 bits per heavy atom. The average Bonchev–Trinajstić information content (AvgIpc) is 2.62. The molecule has 0 spiro atoms. The number of nitrogens with one attached hydrogen (secondary N) is 2. The number of hydrogen-bond donors (Lipinski definition) is 3. The zero-order chi connectivity index (χ0) is 14.0. The number of urea groups is 1. The summed E-state index contributed by atoms with van der Waals surface area (Å²) in [7, 11) is 1.80. The molecule has 100 valence electrons. The monoisotopic (exact) mass is 260 g/mol. The van der Waals surface area contributed by atoms with Gasteiger partial charge in [-0.1, -0.05) is 6.07 Å². The average molecular weight is 260 g/mol. The van der Waals surface area contributed by atoms with E-state index in [1.54, 1.807) is 36.0 Å². The van der Waals surface area contributed by atoms with Crippen molar-refractivity contribution in [2.24, 2.45) is 7.05 Å². The third-order valence-electron chi connectivity index (χ3n) is 2.76. The molecule has 2 rings (SSSR count). The lowest BCUT2D eigenvalue weighted by atomic mass is 10.2. The van der Waals surface area contributed by atoms with E-state index in [1.165, 1.54) is 0 Å². The minimum Gasteiger partial charge on any atom is -0.506 e. The lowest BCUT2D eigenvalue weighted by molar-refractivity contribution is 0.262. The molecule has 1 aromatic carbocycles. The van der Waals surface area contributed by atoms with Gasteiger partial charge >= 0.3 is 6.03 Å². The Kier molecular flexibility index (Phi) is 3.41. The van der Waals surface area contributed by atoms with Crippen LogP contribution in [0.5, 0.6) is 5.75 Å². The third kappa shape index (κ3) is 3.04. The van der Waals surface area contributed by atoms with E-state index in [1.807, 2.05) is 13.8 Å². The molecule has 0 fully saturated rings. The fraction of sp³-hybridized carbons (Fsp3) is 0.231. The zero-order valence-corrected chi connectivity index (χ0v) is 11.1. The summed E-state index contributed by atoms with van der Waals surface area (Å²) in [6, 6.07) is 6.35. The molecule has 1 heterocycles. The molecule has 3 N–H and O–H groups in total. The summed E-state index contributed by atoms with van der Waals surface area (Å²) in [6.07, 6.45) is 0. The summed E-state index contributed by atoms with van der Waals surface area (Å²) in [5.41, 5.74) is 2.22. The van der Waals surface area contributed by atoms with Gasteiger partial charge < -0.3 is 10.4 Å². The molecule has 2 aromatic rings. The Bertz CT molecular complexity index is 600. The highest BCUT2D eigenvalue weighted by Crippen LogP contribution is 2.23. The number of nitrogens with zero attached hydrogens (tertiary/aromatic N) is 2. The summed E-state index contributed by atoms with van der Waals surface area (Å²) in [5.74, 6) is 0.497. The largest absolute Gasteiger partial charge is 0.506 e. The highest BCUT2D eigenvalue weighted by molar-refractivity contribution is 6.00. The standard InChI is InChI=1S/C13H16N4O2/c1-8-4-5-10(11(18)6-8)14-13(19)15-12-7-9(2)17(3)16-12/h4-7,18H,1-3H3,(H2,14,15,16,19). The van der Waals surface area contributed by atoms with Crippen molar-refractivity contribution >= 4 is 17.5 Å². The van der Waals surface area contributed by atoms with Crippen LogP contribution in [-0.4, -0.2) is 20.9 Å². The first-order valence-corrected chi connectivity index (χ1v) is 5.84. The van der Waals surface area contributed by atoms with Crippen LogP contribution in [0.4, 0.5) is 16.3 Å². The Hall–Kier alpha value is -2.50. The maximum Gasteiger partial charge on any atom is 0.325 e. The number of phenols is 1. The molecule has 6 heteroatoms. The van der Waals surface area contributed by atoms with Gasteiger partial charge in [0, 0.05) is 18.8 Å². The molecule has 0 aliphatic rings. The van der Waals surface area contributed by atoms with Crippen molar-refractivity contribution in [2.75, 3.05) is 10.6 Å². The van der Waals surface area contributed by atoms with Crippen LogP contribution in [0.15, 0.2) is 24.3 Å². The zero-order valence-electron chi connectivity index (χ0n) is 11.1. The summed E-state index contributed by atoms with van der Waals surface area (Å²) in [6.45, 7) is 3.75. The predicted molar refractivity (Wildman–Crippen MR) is 73.4 cm³/mol. The van der Waals surface area contributed by atoms with Crippen LogP contribution in [0, 0.1) is 13.8 Å². The van der Waals surface area contributed by atoms with Crippen molar-refractivity contribution in [1.82, 2.24) is 9.78 Å². The lowest BCUT2D eigenvalue weighted by Gasteiger charge is -2.08. The van der Waals surface area contributed by atoms with Gasteiger partial charge in [0.1, 0.15) is 5.75 Å². The number of rotatable bonds is 2. The first-order valence-electron chi connectivity index (χ1n) is 5.84. The maximum absolute atomic E-state index is 11.8. The van der Waals surface area contributed by atoms with Crippen LogP contribution in [0.2, 0.25) is 0 Å². The highest BCUT2D eigenvalue weighted by atomic mass is 16.3. The van der Waals surface area contributed by atoms with Gasteiger partial charge in [0.15, 0.2) is 5.82 Å². The first-order chi connectivity index (χ1) is 8.95. The van der Waals surface area contributed by atoms with Crippen LogP contribution in [0.1, 0.15) is 11.3 Å². The Balaban J connectivity index is 2.05. The van der Waals surface area contributed by atoms with E-state index < -0.39 is 6.03 Å². The number of amides is 2. The van der Waals surface area contributed by atoms with Gasteiger partial charge in [-0.05, 0) is 31.5 Å². The van der Waals surface area contributed by atoms with Crippen molar-refractivity contribution < 1.29 is 9.90 Å². The second-order valence-electron chi connectivity index (χ2n) is 4.39. The predicted octanol–water partition coefficient (Wildman–Crippen LogP) is 2.39. The number of carbonyl (C=O) groups excluding carboxylic acids is 1. The summed E-state index contributed by atoms with van der Waals surface area (Å²) < 4.78 is 1.67. The van der Waals surface area contributed by atoms with Gasteiger partial charge in [0.25, 0.3) is 0 Å². The van der Waals surface area contributed by atoms with Crippen LogP contribution >= 0.6 is 0 Å². The molecule has 6 nitrogen and oxygen atoms in total. The number of hydrogen-bond acceptors (Lipinski definition) is 3. The van der Waals surface area contributed by atoms with E-state index in [0.717, 1.165) is 11.3 Å². The molecule has 0 bridgehead atoms. The van der Waals surface area contributed by atoms with Crippen molar-refractivity contribution in [3.05, 3.63) is 35.5 Å². The van der Waals surface area contributed by atoms with Crippen molar-refractivity contribution in [3.63, 3.8) is 0 Å². The van der Waals surface area contributed by atoms with E-state index in [2.05, 4.69) is 15.7 Å². The first kappa shape index (κ1) is 12.9. The summed E-state index contributed by atoms with van der Waals surface area (Å²) in [4.78, 5) is 11.8. The molecule has 0 unspecified atom stereocenters. The van der Waals surface area contributed by atoms with Gasteiger partial charge in [-0.15, -0.1) is 0 Å². The molecule has 0 saturated heterocycles. The number of aryl methyl sites for hydroxylation is 3. The van der Waals surface area contributed by atoms with E-state index in [4.69, 9.17) is 0 Å². The molecule has 1 aromatic heterocycles. The number of aromatic nitrogens is 2. The number of carbonyl (C=O) groups is 1. The normalized spacial score (nSPS) is 10.3. The Morgan fingerprint density at radius 2 is 2.00 bits per heavy atom. The van der Waals surface area contributed by atoms with Crippen LogP contribution in [-0.2, 0) is 7.05 Å². The van der Waals surface area contributed by atoms with Gasteiger partial charge in [-0.2, -0.15) is 5.10 Å². The fourth-order valence-corrected chi connectivity index (χ4v) is 1.64. The van der Waals surface area contributed by atoms with Gasteiger partial charge in [0.2, 0.25) is 0 Å². The number of benzene rings is 1. The van der Waals surface area contributed by atoms with E-state index in [0.29, 0.717) is 11.5 Å². The SMILES string of the molecule is Cc1ccc(NC(=O)Nc2cc(C)n(C)n2)c(O)c1. The molecule has 0 atom stereocenters. The Morgan fingerprint density at radius 1 is 1.26 bits per heavy atom. The second kappa shape index (κ2) is 5.01. The van der Waals surface area contributed by atoms with Crippen molar-refractivity contribution in [1.29, 1.82) is 0 Å². The number of anilines is 2. The van der Waals surface area contributed by atoms with Crippen molar-refractivity contribution in [2.45, 2.75) is 13.8 Å². The van der Waals surface area contributed by atoms with Gasteiger partial charge in [0.05, 0.1) is 5.69 Å². The maximum atomic E-state index is 11.8. The number of phenolic OH excluding ortho intramolecular Hbond substituents is 1. The van der Waals surface area contributed by atoms with Crippen molar-refractivity contribution in [3.8, 4) is 5.75 Å². The molecule has 0 radical (unpaired) electrons. The molecular formula is C13H16N4O2. The van der Waals surface area contributed by atoms with Crippen LogP contribution in [0.25, 0.3) is 0 Å². The minimum atomic E-state index is -0.447. The summed E-state index contributed by atoms with van der Waals surface area (Å²) >= 11 is 0. The molecule has 19 heavy (non-hydrogen) atoms. The summed E-state index contributed by atoms with van der Waals surface area (Å²) in [5, 5.41) is 19.0.